The smallest absolute Gasteiger partial charge is 0.251 e. The Morgan fingerprint density at radius 1 is 1.40 bits per heavy atom. The molecule has 0 bridgehead atoms. The molecular weight excluding hydrogens is 256 g/mol. The van der Waals surface area contributed by atoms with E-state index < -0.39 is 0 Å². The highest BCUT2D eigenvalue weighted by atomic mass is 16.1. The lowest BCUT2D eigenvalue weighted by Crippen LogP contribution is -2.18. The Kier molecular flexibility index (Phi) is 3.36. The molecule has 0 spiro atoms. The number of anilines is 1. The molecule has 0 unspecified atom stereocenters. The predicted octanol–water partition coefficient (Wildman–Crippen LogP) is 0.557. The minimum absolute atomic E-state index is 0.0299. The van der Waals surface area contributed by atoms with Gasteiger partial charge in [0.1, 0.15) is 18.5 Å². The van der Waals surface area contributed by atoms with Crippen LogP contribution in [0.5, 0.6) is 0 Å². The predicted molar refractivity (Wildman–Crippen MR) is 70.8 cm³/mol. The van der Waals surface area contributed by atoms with Crippen LogP contribution in [0.25, 0.3) is 5.69 Å². The van der Waals surface area contributed by atoms with Crippen LogP contribution in [0.4, 0.5) is 5.69 Å². The van der Waals surface area contributed by atoms with Crippen LogP contribution in [0, 0.1) is 22.7 Å². The maximum atomic E-state index is 11.5. The number of carbonyl (C=O) groups is 1. The van der Waals surface area contributed by atoms with Crippen LogP contribution in [0.2, 0.25) is 0 Å². The molecule has 20 heavy (non-hydrogen) atoms. The summed E-state index contributed by atoms with van der Waals surface area (Å²) in [6.45, 7) is 0. The summed E-state index contributed by atoms with van der Waals surface area (Å²) in [6, 6.07) is 8.43. The minimum Gasteiger partial charge on any atom is -0.397 e. The summed E-state index contributed by atoms with van der Waals surface area (Å²) < 4.78 is 1.42. The normalized spacial score (nSPS) is 9.55. The number of carbonyl (C=O) groups excluding carboxylic acids is 1. The summed E-state index contributed by atoms with van der Waals surface area (Å²) in [6.07, 6.45) is 1.35. The summed E-state index contributed by atoms with van der Waals surface area (Å²) in [4.78, 5) is 15.3. The quantitative estimate of drug-likeness (QED) is 0.769. The SMILES string of the molecule is CNC(=O)c1ccc(-n2cnc(C#N)c2C#N)c(N)c1. The van der Waals surface area contributed by atoms with Gasteiger partial charge in [-0.2, -0.15) is 10.5 Å². The molecule has 1 aromatic carbocycles. The van der Waals surface area contributed by atoms with Gasteiger partial charge in [-0.25, -0.2) is 4.98 Å². The maximum absolute atomic E-state index is 11.5. The van der Waals surface area contributed by atoms with E-state index in [2.05, 4.69) is 10.3 Å². The van der Waals surface area contributed by atoms with Crippen molar-refractivity contribution in [2.45, 2.75) is 0 Å². The first-order valence-electron chi connectivity index (χ1n) is 5.62. The topological polar surface area (TPSA) is 121 Å². The Hall–Kier alpha value is -3.32. The van der Waals surface area contributed by atoms with Gasteiger partial charge >= 0.3 is 0 Å². The molecule has 0 fully saturated rings. The van der Waals surface area contributed by atoms with Crippen molar-refractivity contribution in [3.05, 3.63) is 41.5 Å². The van der Waals surface area contributed by atoms with E-state index in [9.17, 15) is 4.79 Å². The zero-order valence-corrected chi connectivity index (χ0v) is 10.6. The number of rotatable bonds is 2. The third-order valence-corrected chi connectivity index (χ3v) is 2.76. The van der Waals surface area contributed by atoms with Crippen LogP contribution in [0.1, 0.15) is 21.7 Å². The average molecular weight is 266 g/mol. The van der Waals surface area contributed by atoms with E-state index in [4.69, 9.17) is 16.3 Å². The van der Waals surface area contributed by atoms with Gasteiger partial charge in [-0.3, -0.25) is 9.36 Å². The van der Waals surface area contributed by atoms with Crippen molar-refractivity contribution in [2.75, 3.05) is 12.8 Å². The molecule has 7 nitrogen and oxygen atoms in total. The fourth-order valence-electron chi connectivity index (χ4n) is 1.78. The molecule has 0 aliphatic heterocycles. The van der Waals surface area contributed by atoms with E-state index in [-0.39, 0.29) is 17.3 Å². The van der Waals surface area contributed by atoms with Gasteiger partial charge in [-0.05, 0) is 18.2 Å². The monoisotopic (exact) mass is 266 g/mol. The fourth-order valence-corrected chi connectivity index (χ4v) is 1.78. The van der Waals surface area contributed by atoms with E-state index in [1.165, 1.54) is 24.0 Å². The summed E-state index contributed by atoms with van der Waals surface area (Å²) in [5.41, 5.74) is 7.24. The number of nitrogens with one attached hydrogen (secondary N) is 1. The van der Waals surface area contributed by atoms with Gasteiger partial charge in [0, 0.05) is 12.6 Å². The van der Waals surface area contributed by atoms with Crippen molar-refractivity contribution < 1.29 is 4.79 Å². The number of nitriles is 2. The van der Waals surface area contributed by atoms with Crippen LogP contribution < -0.4 is 11.1 Å². The van der Waals surface area contributed by atoms with E-state index >= 15 is 0 Å². The number of nitrogens with zero attached hydrogens (tertiary/aromatic N) is 4. The van der Waals surface area contributed by atoms with Crippen molar-refractivity contribution in [3.63, 3.8) is 0 Å². The third kappa shape index (κ3) is 2.04. The van der Waals surface area contributed by atoms with Crippen molar-refractivity contribution in [1.29, 1.82) is 10.5 Å². The van der Waals surface area contributed by atoms with Crippen LogP contribution in [0.3, 0.4) is 0 Å². The molecule has 0 saturated heterocycles. The third-order valence-electron chi connectivity index (χ3n) is 2.76. The largest absolute Gasteiger partial charge is 0.397 e. The van der Waals surface area contributed by atoms with Gasteiger partial charge in [0.25, 0.3) is 5.91 Å². The van der Waals surface area contributed by atoms with E-state index in [1.807, 2.05) is 12.1 Å². The van der Waals surface area contributed by atoms with Gasteiger partial charge in [0.15, 0.2) is 11.4 Å². The lowest BCUT2D eigenvalue weighted by Gasteiger charge is -2.09. The van der Waals surface area contributed by atoms with Gasteiger partial charge < -0.3 is 11.1 Å². The number of amides is 1. The fraction of sp³-hybridized carbons (Fsp3) is 0.0769. The van der Waals surface area contributed by atoms with Crippen molar-refractivity contribution in [1.82, 2.24) is 14.9 Å². The second kappa shape index (κ2) is 5.12. The Morgan fingerprint density at radius 3 is 2.70 bits per heavy atom. The summed E-state index contributed by atoms with van der Waals surface area (Å²) >= 11 is 0. The Bertz CT molecular complexity index is 762. The Labute approximate surface area is 114 Å². The number of nitrogens with two attached hydrogens (primary N) is 1. The summed E-state index contributed by atoms with van der Waals surface area (Å²) in [5.74, 6) is -0.257. The Morgan fingerprint density at radius 2 is 2.15 bits per heavy atom. The zero-order chi connectivity index (χ0) is 14.7. The number of aromatic nitrogens is 2. The first-order chi connectivity index (χ1) is 9.62. The molecule has 7 heteroatoms. The summed E-state index contributed by atoms with van der Waals surface area (Å²) in [7, 11) is 1.52. The molecule has 0 aliphatic carbocycles. The molecule has 1 amide bonds. The first-order valence-corrected chi connectivity index (χ1v) is 5.62. The molecule has 0 saturated carbocycles. The molecule has 98 valence electrons. The lowest BCUT2D eigenvalue weighted by molar-refractivity contribution is 0.0963. The van der Waals surface area contributed by atoms with Crippen LogP contribution in [-0.4, -0.2) is 22.5 Å². The molecule has 2 aromatic rings. The molecule has 2 rings (SSSR count). The van der Waals surface area contributed by atoms with E-state index in [1.54, 1.807) is 12.1 Å². The summed E-state index contributed by atoms with van der Waals surface area (Å²) in [5, 5.41) is 20.4. The van der Waals surface area contributed by atoms with Crippen LogP contribution in [-0.2, 0) is 0 Å². The Balaban J connectivity index is 2.56. The number of benzene rings is 1. The molecule has 0 radical (unpaired) electrons. The second-order valence-corrected chi connectivity index (χ2v) is 3.89. The minimum atomic E-state index is -0.257. The molecule has 0 atom stereocenters. The molecule has 1 aromatic heterocycles. The highest BCUT2D eigenvalue weighted by Gasteiger charge is 2.14. The second-order valence-electron chi connectivity index (χ2n) is 3.89. The van der Waals surface area contributed by atoms with Crippen molar-refractivity contribution >= 4 is 11.6 Å². The molecule has 0 aliphatic rings. The zero-order valence-electron chi connectivity index (χ0n) is 10.6. The first kappa shape index (κ1) is 13.1. The molecule has 3 N–H and O–H groups in total. The van der Waals surface area contributed by atoms with Gasteiger partial charge in [-0.1, -0.05) is 0 Å². The highest BCUT2D eigenvalue weighted by Crippen LogP contribution is 2.21. The van der Waals surface area contributed by atoms with Gasteiger partial charge in [-0.15, -0.1) is 0 Å². The van der Waals surface area contributed by atoms with E-state index in [0.29, 0.717) is 16.9 Å². The highest BCUT2D eigenvalue weighted by molar-refractivity contribution is 5.95. The van der Waals surface area contributed by atoms with Gasteiger partial charge in [0.05, 0.1) is 11.4 Å². The lowest BCUT2D eigenvalue weighted by atomic mass is 10.1. The van der Waals surface area contributed by atoms with Crippen LogP contribution in [0.15, 0.2) is 24.5 Å². The number of nitrogen functional groups attached to an aromatic ring is 1. The van der Waals surface area contributed by atoms with E-state index in [0.717, 1.165) is 0 Å². The molecular formula is C13H10N6O. The molecule has 1 heterocycles. The maximum Gasteiger partial charge on any atom is 0.251 e. The van der Waals surface area contributed by atoms with Crippen molar-refractivity contribution in [2.24, 2.45) is 0 Å². The average Bonchev–Trinajstić information content (AvgIpc) is 2.88. The number of hydrogen-bond donors (Lipinski definition) is 2. The van der Waals surface area contributed by atoms with Crippen molar-refractivity contribution in [3.8, 4) is 17.8 Å². The number of imidazole rings is 1. The van der Waals surface area contributed by atoms with Crippen LogP contribution >= 0.6 is 0 Å². The standard InChI is InChI=1S/C13H10N6O/c1-17-13(20)8-2-3-11(9(16)4-8)19-7-18-10(5-14)12(19)6-15/h2-4,7H,16H2,1H3,(H,17,20). The van der Waals surface area contributed by atoms with Gasteiger partial charge in [0.2, 0.25) is 0 Å². The number of hydrogen-bond acceptors (Lipinski definition) is 5.